The Hall–Kier alpha value is -1.55. The molecule has 1 aromatic carbocycles. The van der Waals surface area contributed by atoms with E-state index in [0.717, 1.165) is 32.6 Å². The normalized spacial score (nSPS) is 18.3. The van der Waals surface area contributed by atoms with Gasteiger partial charge in [-0.15, -0.1) is 0 Å². The fourth-order valence-corrected chi connectivity index (χ4v) is 2.45. The van der Waals surface area contributed by atoms with Crippen LogP contribution in [0.15, 0.2) is 24.3 Å². The van der Waals surface area contributed by atoms with E-state index < -0.39 is 0 Å². The molecule has 1 N–H and O–H groups in total. The van der Waals surface area contributed by atoms with Crippen molar-refractivity contribution >= 4 is 5.91 Å². The Morgan fingerprint density at radius 1 is 1.32 bits per heavy atom. The van der Waals surface area contributed by atoms with Crippen LogP contribution in [0.2, 0.25) is 0 Å². The summed E-state index contributed by atoms with van der Waals surface area (Å²) >= 11 is 0. The molecule has 2 rings (SSSR count). The molecule has 0 aromatic heterocycles. The fraction of sp³-hybridized carbons (Fsp3) is 0.533. The van der Waals surface area contributed by atoms with Crippen molar-refractivity contribution in [3.05, 3.63) is 29.8 Å². The minimum Gasteiger partial charge on any atom is -0.508 e. The molecule has 1 aliphatic rings. The van der Waals surface area contributed by atoms with Crippen LogP contribution in [0.3, 0.4) is 0 Å². The molecule has 1 atom stereocenters. The van der Waals surface area contributed by atoms with E-state index in [1.807, 2.05) is 4.90 Å². The molecule has 4 heteroatoms. The molecule has 0 aliphatic carbocycles. The highest BCUT2D eigenvalue weighted by molar-refractivity contribution is 5.94. The van der Waals surface area contributed by atoms with Gasteiger partial charge in [0.15, 0.2) is 0 Å². The third-order valence-corrected chi connectivity index (χ3v) is 3.91. The van der Waals surface area contributed by atoms with Crippen LogP contribution < -0.4 is 0 Å². The minimum atomic E-state index is 0.0136. The Kier molecular flexibility index (Phi) is 4.43. The van der Waals surface area contributed by atoms with E-state index >= 15 is 0 Å². The van der Waals surface area contributed by atoms with E-state index in [0.29, 0.717) is 11.6 Å². The predicted molar refractivity (Wildman–Crippen MR) is 75.3 cm³/mol. The standard InChI is InChI=1S/C15H22N2O2/c1-3-12(2)16-7-9-17(10-8-16)15(19)13-5-4-6-14(18)11-13/h4-6,11-12,18H,3,7-10H2,1-2H3. The van der Waals surface area contributed by atoms with E-state index in [1.54, 1.807) is 18.2 Å². The molecule has 1 saturated heterocycles. The van der Waals surface area contributed by atoms with Gasteiger partial charge in [0.2, 0.25) is 0 Å². The number of benzene rings is 1. The van der Waals surface area contributed by atoms with Crippen LogP contribution in [0.25, 0.3) is 0 Å². The highest BCUT2D eigenvalue weighted by atomic mass is 16.3. The monoisotopic (exact) mass is 262 g/mol. The molecule has 19 heavy (non-hydrogen) atoms. The van der Waals surface area contributed by atoms with Crippen molar-refractivity contribution in [2.75, 3.05) is 26.2 Å². The molecule has 4 nitrogen and oxygen atoms in total. The van der Waals surface area contributed by atoms with Crippen LogP contribution in [0, 0.1) is 0 Å². The van der Waals surface area contributed by atoms with Crippen molar-refractivity contribution in [1.82, 2.24) is 9.80 Å². The quantitative estimate of drug-likeness (QED) is 0.905. The van der Waals surface area contributed by atoms with Gasteiger partial charge in [0.1, 0.15) is 5.75 Å². The zero-order valence-electron chi connectivity index (χ0n) is 11.7. The van der Waals surface area contributed by atoms with Crippen molar-refractivity contribution in [2.45, 2.75) is 26.3 Å². The first-order chi connectivity index (χ1) is 9.11. The number of carbonyl (C=O) groups is 1. The maximum atomic E-state index is 12.3. The van der Waals surface area contributed by atoms with Crippen LogP contribution in [0.5, 0.6) is 5.75 Å². The van der Waals surface area contributed by atoms with Gasteiger partial charge in [0, 0.05) is 37.8 Å². The number of phenols is 1. The number of amides is 1. The number of carbonyl (C=O) groups excluding carboxylic acids is 1. The van der Waals surface area contributed by atoms with Crippen LogP contribution in [-0.2, 0) is 0 Å². The van der Waals surface area contributed by atoms with E-state index in [2.05, 4.69) is 18.7 Å². The molecule has 104 valence electrons. The summed E-state index contributed by atoms with van der Waals surface area (Å²) in [4.78, 5) is 16.6. The Morgan fingerprint density at radius 3 is 2.58 bits per heavy atom. The van der Waals surface area contributed by atoms with Crippen molar-refractivity contribution in [1.29, 1.82) is 0 Å². The average Bonchev–Trinajstić information content (AvgIpc) is 2.46. The van der Waals surface area contributed by atoms with Crippen molar-refractivity contribution in [3.8, 4) is 5.75 Å². The Balaban J connectivity index is 1.96. The smallest absolute Gasteiger partial charge is 0.254 e. The molecular formula is C15H22N2O2. The lowest BCUT2D eigenvalue weighted by Gasteiger charge is -2.37. The number of aromatic hydroxyl groups is 1. The summed E-state index contributed by atoms with van der Waals surface area (Å²) in [6.45, 7) is 7.80. The van der Waals surface area contributed by atoms with Crippen molar-refractivity contribution < 1.29 is 9.90 Å². The molecule has 0 radical (unpaired) electrons. The molecule has 0 spiro atoms. The number of rotatable bonds is 3. The molecular weight excluding hydrogens is 240 g/mol. The maximum absolute atomic E-state index is 12.3. The van der Waals surface area contributed by atoms with Gasteiger partial charge < -0.3 is 10.0 Å². The summed E-state index contributed by atoms with van der Waals surface area (Å²) in [7, 11) is 0. The number of hydrogen-bond donors (Lipinski definition) is 1. The van der Waals surface area contributed by atoms with E-state index in [4.69, 9.17) is 0 Å². The van der Waals surface area contributed by atoms with Gasteiger partial charge >= 0.3 is 0 Å². The van der Waals surface area contributed by atoms with Gasteiger partial charge in [-0.05, 0) is 31.5 Å². The summed E-state index contributed by atoms with van der Waals surface area (Å²) in [6.07, 6.45) is 1.14. The van der Waals surface area contributed by atoms with Crippen LogP contribution in [0.1, 0.15) is 30.6 Å². The fourth-order valence-electron chi connectivity index (χ4n) is 2.45. The first kappa shape index (κ1) is 13.9. The number of piperazine rings is 1. The molecule has 1 unspecified atom stereocenters. The third-order valence-electron chi connectivity index (χ3n) is 3.91. The van der Waals surface area contributed by atoms with Crippen molar-refractivity contribution in [2.24, 2.45) is 0 Å². The zero-order chi connectivity index (χ0) is 13.8. The lowest BCUT2D eigenvalue weighted by atomic mass is 10.1. The Morgan fingerprint density at radius 2 is 2.00 bits per heavy atom. The first-order valence-corrected chi connectivity index (χ1v) is 6.94. The van der Waals surface area contributed by atoms with Gasteiger partial charge in [0.25, 0.3) is 5.91 Å². The van der Waals surface area contributed by atoms with Crippen LogP contribution in [0.4, 0.5) is 0 Å². The SMILES string of the molecule is CCC(C)N1CCN(C(=O)c2cccc(O)c2)CC1. The molecule has 1 fully saturated rings. The lowest BCUT2D eigenvalue weighted by Crippen LogP contribution is -2.51. The van der Waals surface area contributed by atoms with Gasteiger partial charge in [-0.2, -0.15) is 0 Å². The minimum absolute atomic E-state index is 0.0136. The van der Waals surface area contributed by atoms with Gasteiger partial charge in [-0.1, -0.05) is 13.0 Å². The molecule has 1 aromatic rings. The largest absolute Gasteiger partial charge is 0.508 e. The second kappa shape index (κ2) is 6.06. The van der Waals surface area contributed by atoms with Gasteiger partial charge in [-0.3, -0.25) is 9.69 Å². The summed E-state index contributed by atoms with van der Waals surface area (Å²) in [6, 6.07) is 7.15. The molecule has 0 saturated carbocycles. The zero-order valence-corrected chi connectivity index (χ0v) is 11.7. The summed E-state index contributed by atoms with van der Waals surface area (Å²) < 4.78 is 0. The second-order valence-corrected chi connectivity index (χ2v) is 5.14. The molecule has 1 aliphatic heterocycles. The number of phenolic OH excluding ortho intramolecular Hbond substituents is 1. The Labute approximate surface area is 114 Å². The summed E-state index contributed by atoms with van der Waals surface area (Å²) in [5.41, 5.74) is 0.567. The van der Waals surface area contributed by atoms with E-state index in [1.165, 1.54) is 6.07 Å². The predicted octanol–water partition coefficient (Wildman–Crippen LogP) is 1.95. The van der Waals surface area contributed by atoms with Crippen LogP contribution in [-0.4, -0.2) is 53.0 Å². The van der Waals surface area contributed by atoms with Crippen molar-refractivity contribution in [3.63, 3.8) is 0 Å². The molecule has 1 amide bonds. The highest BCUT2D eigenvalue weighted by Gasteiger charge is 2.24. The van der Waals surface area contributed by atoms with E-state index in [-0.39, 0.29) is 11.7 Å². The summed E-state index contributed by atoms with van der Waals surface area (Å²) in [5.74, 6) is 0.156. The average molecular weight is 262 g/mol. The molecule has 0 bridgehead atoms. The second-order valence-electron chi connectivity index (χ2n) is 5.14. The van der Waals surface area contributed by atoms with Crippen LogP contribution >= 0.6 is 0 Å². The number of nitrogens with zero attached hydrogens (tertiary/aromatic N) is 2. The third kappa shape index (κ3) is 3.26. The van der Waals surface area contributed by atoms with E-state index in [9.17, 15) is 9.90 Å². The number of hydrogen-bond acceptors (Lipinski definition) is 3. The lowest BCUT2D eigenvalue weighted by molar-refractivity contribution is 0.0579. The topological polar surface area (TPSA) is 43.8 Å². The highest BCUT2D eigenvalue weighted by Crippen LogP contribution is 2.15. The molecule has 1 heterocycles. The maximum Gasteiger partial charge on any atom is 0.254 e. The van der Waals surface area contributed by atoms with Gasteiger partial charge in [-0.25, -0.2) is 0 Å². The Bertz CT molecular complexity index is 440. The first-order valence-electron chi connectivity index (χ1n) is 6.94. The summed E-state index contributed by atoms with van der Waals surface area (Å²) in [5, 5.41) is 9.43. The van der Waals surface area contributed by atoms with Gasteiger partial charge in [0.05, 0.1) is 0 Å².